The summed E-state index contributed by atoms with van der Waals surface area (Å²) in [5, 5.41) is 23.4. The highest BCUT2D eigenvalue weighted by Crippen LogP contribution is 2.20. The molecule has 0 aliphatic carbocycles. The molecular weight excluding hydrogens is 947 g/mol. The highest BCUT2D eigenvalue weighted by atomic mass is 16.5. The highest BCUT2D eigenvalue weighted by Gasteiger charge is 2.20. The predicted octanol–water partition coefficient (Wildman–Crippen LogP) is 23.0. The second-order valence-electron chi connectivity index (χ2n) is 24.9. The van der Waals surface area contributed by atoms with Crippen LogP contribution in [0.4, 0.5) is 0 Å². The van der Waals surface area contributed by atoms with Crippen molar-refractivity contribution in [3.8, 4) is 0 Å². The van der Waals surface area contributed by atoms with Crippen LogP contribution < -0.4 is 5.32 Å². The van der Waals surface area contributed by atoms with Crippen LogP contribution in [0.25, 0.3) is 0 Å². The van der Waals surface area contributed by atoms with Gasteiger partial charge in [0, 0.05) is 12.8 Å². The number of aliphatic hydroxyl groups is 2. The molecule has 0 spiro atoms. The fourth-order valence-corrected chi connectivity index (χ4v) is 11.7. The first-order valence-electron chi connectivity index (χ1n) is 35.8. The van der Waals surface area contributed by atoms with E-state index in [-0.39, 0.29) is 18.5 Å². The Morgan fingerprint density at radius 2 is 0.532 bits per heavy atom. The van der Waals surface area contributed by atoms with E-state index in [4.69, 9.17) is 4.74 Å². The quantitative estimate of drug-likeness (QED) is 0.0417. The van der Waals surface area contributed by atoms with E-state index in [1.54, 1.807) is 0 Å². The maximum atomic E-state index is 12.6. The second-order valence-corrected chi connectivity index (χ2v) is 24.9. The molecule has 0 aliphatic rings. The van der Waals surface area contributed by atoms with Gasteiger partial charge in [0.15, 0.2) is 0 Å². The first-order valence-corrected chi connectivity index (χ1v) is 35.8. The zero-order chi connectivity index (χ0) is 55.7. The van der Waals surface area contributed by atoms with E-state index in [0.29, 0.717) is 25.9 Å². The number of aliphatic hydroxyl groups excluding tert-OH is 2. The molecule has 0 aliphatic heterocycles. The maximum absolute atomic E-state index is 12.6. The summed E-state index contributed by atoms with van der Waals surface area (Å²) in [5.74, 6) is -0.0103. The Labute approximate surface area is 483 Å². The lowest BCUT2D eigenvalue weighted by molar-refractivity contribution is -0.143. The van der Waals surface area contributed by atoms with Crippen LogP contribution in [0.15, 0.2) is 0 Å². The predicted molar refractivity (Wildman–Crippen MR) is 338 cm³/mol. The molecule has 460 valence electrons. The second kappa shape index (κ2) is 67.4. The average Bonchev–Trinajstić information content (AvgIpc) is 3.43. The van der Waals surface area contributed by atoms with Gasteiger partial charge in [-0.25, -0.2) is 0 Å². The Balaban J connectivity index is 3.36. The van der Waals surface area contributed by atoms with Crippen molar-refractivity contribution in [3.05, 3.63) is 0 Å². The molecule has 2 unspecified atom stereocenters. The van der Waals surface area contributed by atoms with E-state index in [9.17, 15) is 19.8 Å². The van der Waals surface area contributed by atoms with Gasteiger partial charge in [0.1, 0.15) is 0 Å². The minimum Gasteiger partial charge on any atom is -0.466 e. The Kier molecular flexibility index (Phi) is 66.4. The van der Waals surface area contributed by atoms with Gasteiger partial charge in [0.2, 0.25) is 5.91 Å². The monoisotopic (exact) mass is 1090 g/mol. The van der Waals surface area contributed by atoms with E-state index in [1.165, 1.54) is 347 Å². The SMILES string of the molecule is CCCCCCCCCCCCCCCCCCCCCCCCCC(O)C(CO)NC(=O)CCCCCCCCCCCCCCCCCCCCCCCCCOC(=O)CCCCCCCCCCCCCCCC. The van der Waals surface area contributed by atoms with Crippen LogP contribution in [0.1, 0.15) is 418 Å². The van der Waals surface area contributed by atoms with E-state index < -0.39 is 12.1 Å². The van der Waals surface area contributed by atoms with Gasteiger partial charge in [-0.05, 0) is 25.7 Å². The molecule has 0 rings (SSSR count). The topological polar surface area (TPSA) is 95.9 Å². The number of hydrogen-bond donors (Lipinski definition) is 3. The number of ether oxygens (including phenoxy) is 1. The van der Waals surface area contributed by atoms with Crippen molar-refractivity contribution in [1.29, 1.82) is 0 Å². The molecule has 0 fully saturated rings. The number of hydrogen-bond acceptors (Lipinski definition) is 5. The van der Waals surface area contributed by atoms with Gasteiger partial charge in [-0.1, -0.05) is 380 Å². The zero-order valence-corrected chi connectivity index (χ0v) is 52.7. The number of rotatable bonds is 68. The van der Waals surface area contributed by atoms with Gasteiger partial charge < -0.3 is 20.3 Å². The molecule has 2 atom stereocenters. The average molecular weight is 1090 g/mol. The standard InChI is InChI=1S/C71H141NO5/c1-3-5-7-9-11-13-15-17-19-20-21-22-24-27-30-33-36-39-43-47-51-55-59-63-69(74)68(67-73)72-70(75)64-60-56-52-48-44-40-37-34-31-28-25-23-26-29-32-35-38-42-46-50-54-58-62-66-77-71(76)65-61-57-53-49-45-41-18-16-14-12-10-8-6-4-2/h68-69,73-74H,3-67H2,1-2H3,(H,72,75). The summed E-state index contributed by atoms with van der Waals surface area (Å²) in [6, 6.07) is -0.541. The largest absolute Gasteiger partial charge is 0.466 e. The number of amides is 1. The van der Waals surface area contributed by atoms with Gasteiger partial charge in [0.05, 0.1) is 25.4 Å². The van der Waals surface area contributed by atoms with Crippen LogP contribution in [0.2, 0.25) is 0 Å². The Morgan fingerprint density at radius 1 is 0.312 bits per heavy atom. The first-order chi connectivity index (χ1) is 38.0. The van der Waals surface area contributed by atoms with Gasteiger partial charge >= 0.3 is 5.97 Å². The minimum atomic E-state index is -0.664. The van der Waals surface area contributed by atoms with Crippen molar-refractivity contribution >= 4 is 11.9 Å². The Hall–Kier alpha value is -1.14. The molecule has 6 nitrogen and oxygen atoms in total. The van der Waals surface area contributed by atoms with Crippen LogP contribution in [0.3, 0.4) is 0 Å². The third-order valence-electron chi connectivity index (χ3n) is 17.2. The maximum Gasteiger partial charge on any atom is 0.305 e. The summed E-state index contributed by atoms with van der Waals surface area (Å²) in [5.41, 5.74) is 0. The summed E-state index contributed by atoms with van der Waals surface area (Å²) in [6.45, 7) is 5.01. The summed E-state index contributed by atoms with van der Waals surface area (Å²) in [6.07, 6.45) is 81.5. The Morgan fingerprint density at radius 3 is 0.792 bits per heavy atom. The number of esters is 1. The first kappa shape index (κ1) is 75.9. The molecule has 3 N–H and O–H groups in total. The van der Waals surface area contributed by atoms with E-state index >= 15 is 0 Å². The van der Waals surface area contributed by atoms with Crippen molar-refractivity contribution in [2.45, 2.75) is 431 Å². The molecular formula is C71H141NO5. The lowest BCUT2D eigenvalue weighted by atomic mass is 10.0. The van der Waals surface area contributed by atoms with Crippen molar-refractivity contribution in [3.63, 3.8) is 0 Å². The van der Waals surface area contributed by atoms with Crippen molar-refractivity contribution in [2.24, 2.45) is 0 Å². The third-order valence-corrected chi connectivity index (χ3v) is 17.2. The van der Waals surface area contributed by atoms with Gasteiger partial charge in [0.25, 0.3) is 0 Å². The van der Waals surface area contributed by atoms with E-state index in [0.717, 1.165) is 38.5 Å². The molecule has 0 saturated carbocycles. The number of nitrogens with one attached hydrogen (secondary N) is 1. The fourth-order valence-electron chi connectivity index (χ4n) is 11.7. The van der Waals surface area contributed by atoms with Crippen molar-refractivity contribution < 1.29 is 24.5 Å². The smallest absolute Gasteiger partial charge is 0.305 e. The molecule has 0 aromatic rings. The molecule has 0 aromatic heterocycles. The summed E-state index contributed by atoms with van der Waals surface area (Å²) < 4.78 is 5.49. The van der Waals surface area contributed by atoms with Crippen LogP contribution in [-0.2, 0) is 14.3 Å². The minimum absolute atomic E-state index is 0.0183. The van der Waals surface area contributed by atoms with Crippen LogP contribution in [0.5, 0.6) is 0 Å². The lowest BCUT2D eigenvalue weighted by Crippen LogP contribution is -2.45. The summed E-state index contributed by atoms with van der Waals surface area (Å²) in [4.78, 5) is 24.6. The van der Waals surface area contributed by atoms with E-state index in [1.807, 2.05) is 0 Å². The molecule has 0 radical (unpaired) electrons. The molecule has 0 saturated heterocycles. The summed E-state index contributed by atoms with van der Waals surface area (Å²) in [7, 11) is 0. The van der Waals surface area contributed by atoms with Crippen LogP contribution in [0, 0.1) is 0 Å². The number of carbonyl (C=O) groups excluding carboxylic acids is 2. The fraction of sp³-hybridized carbons (Fsp3) is 0.972. The zero-order valence-electron chi connectivity index (χ0n) is 52.7. The molecule has 77 heavy (non-hydrogen) atoms. The summed E-state index contributed by atoms with van der Waals surface area (Å²) >= 11 is 0. The van der Waals surface area contributed by atoms with Gasteiger partial charge in [-0.2, -0.15) is 0 Å². The lowest BCUT2D eigenvalue weighted by Gasteiger charge is -2.22. The molecule has 0 aromatic carbocycles. The highest BCUT2D eigenvalue weighted by molar-refractivity contribution is 5.76. The Bertz CT molecular complexity index is 1120. The normalized spacial score (nSPS) is 12.4. The van der Waals surface area contributed by atoms with Crippen molar-refractivity contribution in [2.75, 3.05) is 13.2 Å². The van der Waals surface area contributed by atoms with Crippen LogP contribution >= 0.6 is 0 Å². The molecule has 0 bridgehead atoms. The van der Waals surface area contributed by atoms with Gasteiger partial charge in [-0.3, -0.25) is 9.59 Å². The number of carbonyl (C=O) groups is 2. The number of unbranched alkanes of at least 4 members (excludes halogenated alkanes) is 57. The van der Waals surface area contributed by atoms with Crippen molar-refractivity contribution in [1.82, 2.24) is 5.32 Å². The van der Waals surface area contributed by atoms with Gasteiger partial charge in [-0.15, -0.1) is 0 Å². The molecule has 0 heterocycles. The molecule has 6 heteroatoms. The van der Waals surface area contributed by atoms with Crippen LogP contribution in [-0.4, -0.2) is 47.4 Å². The third kappa shape index (κ3) is 63.9. The molecule has 1 amide bonds. The van der Waals surface area contributed by atoms with E-state index in [2.05, 4.69) is 19.2 Å².